The fourth-order valence-corrected chi connectivity index (χ4v) is 3.78. The zero-order valence-corrected chi connectivity index (χ0v) is 15.5. The van der Waals surface area contributed by atoms with Crippen molar-refractivity contribution in [3.8, 4) is 11.3 Å². The number of likely N-dealkylation sites (tertiary alicyclic amines) is 1. The Morgan fingerprint density at radius 2 is 1.81 bits per heavy atom. The maximum Gasteiger partial charge on any atom is 0.254 e. The number of nitrogens with zero attached hydrogens (tertiary/aromatic N) is 4. The van der Waals surface area contributed by atoms with Crippen molar-refractivity contribution in [2.24, 2.45) is 0 Å². The Kier molecular flexibility index (Phi) is 3.88. The average molecular weight is 358 g/mol. The minimum atomic E-state index is 0.0977. The number of aryl methyl sites for hydroxylation is 1. The third-order valence-electron chi connectivity index (χ3n) is 5.50. The van der Waals surface area contributed by atoms with Crippen LogP contribution in [0.3, 0.4) is 0 Å². The highest BCUT2D eigenvalue weighted by Crippen LogP contribution is 2.38. The predicted octanol–water partition coefficient (Wildman–Crippen LogP) is 4.11. The molecule has 27 heavy (non-hydrogen) atoms. The van der Waals surface area contributed by atoms with E-state index in [4.69, 9.17) is 4.98 Å². The maximum atomic E-state index is 13.1. The largest absolute Gasteiger partial charge is 0.339 e. The number of hydrogen-bond acceptors (Lipinski definition) is 4. The quantitative estimate of drug-likeness (QED) is 0.707. The van der Waals surface area contributed by atoms with Crippen LogP contribution < -0.4 is 0 Å². The molecule has 2 aromatic heterocycles. The van der Waals surface area contributed by atoms with Gasteiger partial charge in [-0.1, -0.05) is 12.1 Å². The van der Waals surface area contributed by atoms with Gasteiger partial charge in [0.2, 0.25) is 0 Å². The molecule has 3 heterocycles. The van der Waals surface area contributed by atoms with Crippen LogP contribution in [0.15, 0.2) is 36.7 Å². The molecule has 0 N–H and O–H groups in total. The minimum Gasteiger partial charge on any atom is -0.339 e. The summed E-state index contributed by atoms with van der Waals surface area (Å²) in [5.74, 6) is 1.54. The van der Waals surface area contributed by atoms with E-state index in [9.17, 15) is 4.79 Å². The van der Waals surface area contributed by atoms with E-state index in [1.54, 1.807) is 0 Å². The number of aromatic nitrogens is 3. The molecule has 2 aliphatic rings. The van der Waals surface area contributed by atoms with E-state index < -0.39 is 0 Å². The summed E-state index contributed by atoms with van der Waals surface area (Å²) in [5, 5.41) is 0.914. The van der Waals surface area contributed by atoms with Gasteiger partial charge in [-0.25, -0.2) is 15.0 Å². The van der Waals surface area contributed by atoms with E-state index in [-0.39, 0.29) is 5.91 Å². The lowest BCUT2D eigenvalue weighted by Gasteiger charge is -2.17. The van der Waals surface area contributed by atoms with Gasteiger partial charge >= 0.3 is 0 Å². The molecule has 0 bridgehead atoms. The van der Waals surface area contributed by atoms with Crippen molar-refractivity contribution in [2.45, 2.75) is 38.5 Å². The topological polar surface area (TPSA) is 59.0 Å². The first kappa shape index (κ1) is 16.4. The molecule has 0 spiro atoms. The molecule has 5 heteroatoms. The van der Waals surface area contributed by atoms with Crippen molar-refractivity contribution >= 4 is 16.8 Å². The lowest BCUT2D eigenvalue weighted by Crippen LogP contribution is -2.27. The molecule has 1 aliphatic heterocycles. The number of benzene rings is 1. The number of amides is 1. The van der Waals surface area contributed by atoms with Crippen molar-refractivity contribution < 1.29 is 4.79 Å². The fourth-order valence-electron chi connectivity index (χ4n) is 3.78. The number of rotatable bonds is 3. The summed E-state index contributed by atoms with van der Waals surface area (Å²) in [6.07, 6.45) is 8.21. The lowest BCUT2D eigenvalue weighted by atomic mass is 10.0. The summed E-state index contributed by atoms with van der Waals surface area (Å²) in [4.78, 5) is 29.0. The van der Waals surface area contributed by atoms with Gasteiger partial charge in [0.1, 0.15) is 5.82 Å². The summed E-state index contributed by atoms with van der Waals surface area (Å²) in [5.41, 5.74) is 4.33. The highest BCUT2D eigenvalue weighted by Gasteiger charge is 2.26. The van der Waals surface area contributed by atoms with Crippen LogP contribution in [0.25, 0.3) is 22.2 Å². The van der Waals surface area contributed by atoms with Crippen LogP contribution in [0.2, 0.25) is 0 Å². The molecular formula is C22H22N4O. The smallest absolute Gasteiger partial charge is 0.254 e. The Balaban J connectivity index is 1.62. The van der Waals surface area contributed by atoms with Crippen LogP contribution >= 0.6 is 0 Å². The van der Waals surface area contributed by atoms with Gasteiger partial charge in [-0.3, -0.25) is 4.79 Å². The zero-order chi connectivity index (χ0) is 18.4. The van der Waals surface area contributed by atoms with Gasteiger partial charge in [-0.05, 0) is 50.3 Å². The van der Waals surface area contributed by atoms with Crippen LogP contribution in [-0.4, -0.2) is 38.8 Å². The SMILES string of the molecule is Cc1ccc2c(C(=O)N3CCCC3)cc(-c3cnc(C4CC4)nc3)nc2c1. The van der Waals surface area contributed by atoms with Gasteiger partial charge in [0, 0.05) is 42.4 Å². The number of fused-ring (bicyclic) bond motifs is 1. The molecule has 1 aliphatic carbocycles. The molecule has 136 valence electrons. The average Bonchev–Trinajstić information content (AvgIpc) is 3.40. The number of pyridine rings is 1. The van der Waals surface area contributed by atoms with E-state index in [2.05, 4.69) is 9.97 Å². The Hall–Kier alpha value is -2.82. The molecule has 5 rings (SSSR count). The standard InChI is InChI=1S/C22H22N4O/c1-14-4-7-17-18(22(27)26-8-2-3-9-26)11-19(25-20(17)10-14)16-12-23-21(24-13-16)15-5-6-15/h4,7,10-13,15H,2-3,5-6,8-9H2,1H3. The zero-order valence-electron chi connectivity index (χ0n) is 15.5. The summed E-state index contributed by atoms with van der Waals surface area (Å²) in [6.45, 7) is 3.72. The second-order valence-electron chi connectivity index (χ2n) is 7.68. The molecule has 1 saturated carbocycles. The van der Waals surface area contributed by atoms with Crippen LogP contribution in [0.5, 0.6) is 0 Å². The Morgan fingerprint density at radius 1 is 1.07 bits per heavy atom. The second-order valence-corrected chi connectivity index (χ2v) is 7.68. The van der Waals surface area contributed by atoms with E-state index in [1.807, 2.05) is 48.5 Å². The number of carbonyl (C=O) groups excluding carboxylic acids is 1. The monoisotopic (exact) mass is 358 g/mol. The summed E-state index contributed by atoms with van der Waals surface area (Å²) >= 11 is 0. The van der Waals surface area contributed by atoms with E-state index in [0.717, 1.165) is 65.0 Å². The molecule has 0 unspecified atom stereocenters. The third-order valence-corrected chi connectivity index (χ3v) is 5.50. The molecule has 1 aromatic carbocycles. The first-order valence-corrected chi connectivity index (χ1v) is 9.72. The van der Waals surface area contributed by atoms with Gasteiger partial charge in [0.25, 0.3) is 5.91 Å². The second kappa shape index (κ2) is 6.41. The number of carbonyl (C=O) groups is 1. The first-order chi connectivity index (χ1) is 13.2. The van der Waals surface area contributed by atoms with Crippen molar-refractivity contribution in [3.63, 3.8) is 0 Å². The van der Waals surface area contributed by atoms with Crippen molar-refractivity contribution in [2.75, 3.05) is 13.1 Å². The molecule has 0 radical (unpaired) electrons. The summed E-state index contributed by atoms with van der Waals surface area (Å²) in [7, 11) is 0. The Morgan fingerprint density at radius 3 is 2.52 bits per heavy atom. The van der Waals surface area contributed by atoms with Crippen LogP contribution in [-0.2, 0) is 0 Å². The normalized spacial score (nSPS) is 16.9. The highest BCUT2D eigenvalue weighted by molar-refractivity contribution is 6.07. The molecule has 5 nitrogen and oxygen atoms in total. The molecule has 1 amide bonds. The van der Waals surface area contributed by atoms with Gasteiger partial charge in [0.15, 0.2) is 0 Å². The van der Waals surface area contributed by atoms with Crippen LogP contribution in [0.1, 0.15) is 53.3 Å². The Labute approximate surface area is 158 Å². The minimum absolute atomic E-state index is 0.0977. The van der Waals surface area contributed by atoms with Gasteiger partial charge in [-0.15, -0.1) is 0 Å². The van der Waals surface area contributed by atoms with Gasteiger partial charge in [-0.2, -0.15) is 0 Å². The molecule has 1 saturated heterocycles. The molecule has 0 atom stereocenters. The van der Waals surface area contributed by atoms with E-state index >= 15 is 0 Å². The fraction of sp³-hybridized carbons (Fsp3) is 0.364. The third kappa shape index (κ3) is 3.07. The van der Waals surface area contributed by atoms with Gasteiger partial charge < -0.3 is 4.90 Å². The maximum absolute atomic E-state index is 13.1. The highest BCUT2D eigenvalue weighted by atomic mass is 16.2. The first-order valence-electron chi connectivity index (χ1n) is 9.72. The molecular weight excluding hydrogens is 336 g/mol. The van der Waals surface area contributed by atoms with E-state index in [0.29, 0.717) is 5.92 Å². The Bertz CT molecular complexity index is 1020. The van der Waals surface area contributed by atoms with Crippen molar-refractivity contribution in [1.29, 1.82) is 0 Å². The molecule has 2 fully saturated rings. The van der Waals surface area contributed by atoms with Crippen molar-refractivity contribution in [3.05, 3.63) is 53.6 Å². The predicted molar refractivity (Wildman–Crippen MR) is 105 cm³/mol. The van der Waals surface area contributed by atoms with E-state index in [1.165, 1.54) is 12.8 Å². The van der Waals surface area contributed by atoms with Crippen LogP contribution in [0, 0.1) is 6.92 Å². The van der Waals surface area contributed by atoms with Gasteiger partial charge in [0.05, 0.1) is 16.8 Å². The summed E-state index contributed by atoms with van der Waals surface area (Å²) < 4.78 is 0. The number of hydrogen-bond donors (Lipinski definition) is 0. The van der Waals surface area contributed by atoms with Crippen molar-refractivity contribution in [1.82, 2.24) is 19.9 Å². The lowest BCUT2D eigenvalue weighted by molar-refractivity contribution is 0.0794. The molecule has 3 aromatic rings. The van der Waals surface area contributed by atoms with Crippen LogP contribution in [0.4, 0.5) is 0 Å². The summed E-state index contributed by atoms with van der Waals surface area (Å²) in [6, 6.07) is 8.00.